The van der Waals surface area contributed by atoms with Crippen LogP contribution in [0, 0.1) is 0 Å². The molecule has 0 saturated heterocycles. The second-order valence-corrected chi connectivity index (χ2v) is 6.42. The van der Waals surface area contributed by atoms with Crippen LogP contribution in [0.3, 0.4) is 0 Å². The predicted octanol–water partition coefficient (Wildman–Crippen LogP) is 4.34. The van der Waals surface area contributed by atoms with Crippen molar-refractivity contribution < 1.29 is 4.74 Å². The van der Waals surface area contributed by atoms with Crippen molar-refractivity contribution in [3.8, 4) is 5.75 Å². The average Bonchev–Trinajstić information content (AvgIpc) is 2.80. The number of rotatable bonds is 3. The summed E-state index contributed by atoms with van der Waals surface area (Å²) >= 11 is 12.1. The topological polar surface area (TPSA) is 35.2 Å². The second-order valence-electron chi connectivity index (χ2n) is 5.60. The van der Waals surface area contributed by atoms with Crippen molar-refractivity contribution in [2.45, 2.75) is 24.8 Å². The van der Waals surface area contributed by atoms with E-state index >= 15 is 0 Å². The maximum Gasteiger partial charge on any atom is 0.119 e. The molecule has 2 aromatic rings. The molecule has 1 atom stereocenters. The van der Waals surface area contributed by atoms with E-state index < -0.39 is 0 Å². The molecule has 2 nitrogen and oxygen atoms in total. The highest BCUT2D eigenvalue weighted by Crippen LogP contribution is 2.39. The maximum absolute atomic E-state index is 6.68. The second kappa shape index (κ2) is 5.53. The summed E-state index contributed by atoms with van der Waals surface area (Å²) in [7, 11) is 1.67. The van der Waals surface area contributed by atoms with Crippen molar-refractivity contribution in [2.24, 2.45) is 5.73 Å². The Morgan fingerprint density at radius 2 is 1.95 bits per heavy atom. The van der Waals surface area contributed by atoms with E-state index in [0.29, 0.717) is 10.0 Å². The van der Waals surface area contributed by atoms with E-state index in [0.717, 1.165) is 30.6 Å². The first-order valence-corrected chi connectivity index (χ1v) is 7.68. The van der Waals surface area contributed by atoms with Gasteiger partial charge in [0.1, 0.15) is 5.75 Å². The lowest BCUT2D eigenvalue weighted by molar-refractivity contribution is 0.407. The molecule has 21 heavy (non-hydrogen) atoms. The summed E-state index contributed by atoms with van der Waals surface area (Å²) in [6, 6.07) is 11.9. The fourth-order valence-corrected chi connectivity index (χ4v) is 3.37. The van der Waals surface area contributed by atoms with Gasteiger partial charge >= 0.3 is 0 Å². The molecular weight excluding hydrogens is 305 g/mol. The first-order valence-electron chi connectivity index (χ1n) is 6.92. The van der Waals surface area contributed by atoms with Gasteiger partial charge in [-0.1, -0.05) is 35.3 Å². The summed E-state index contributed by atoms with van der Waals surface area (Å²) in [6.45, 7) is 0. The standard InChI is InChI=1S/C17H17Cl2NO/c1-21-13-4-3-12-6-7-17(20,14(12)9-13)10-11-2-5-15(18)16(19)8-11/h2-5,8-9H,6-7,10,20H2,1H3. The zero-order chi connectivity index (χ0) is 15.0. The molecule has 0 saturated carbocycles. The largest absolute Gasteiger partial charge is 0.497 e. The lowest BCUT2D eigenvalue weighted by Crippen LogP contribution is -2.36. The first kappa shape index (κ1) is 14.7. The van der Waals surface area contributed by atoms with Crippen LogP contribution in [0.2, 0.25) is 10.0 Å². The van der Waals surface area contributed by atoms with Gasteiger partial charge in [0.2, 0.25) is 0 Å². The third kappa shape index (κ3) is 2.76. The fourth-order valence-electron chi connectivity index (χ4n) is 3.05. The van der Waals surface area contributed by atoms with Gasteiger partial charge in [-0.2, -0.15) is 0 Å². The summed E-state index contributed by atoms with van der Waals surface area (Å²) in [6.07, 6.45) is 2.66. The Balaban J connectivity index is 1.94. The van der Waals surface area contributed by atoms with Crippen molar-refractivity contribution in [3.05, 3.63) is 63.1 Å². The fraction of sp³-hybridized carbons (Fsp3) is 0.294. The summed E-state index contributed by atoms with van der Waals surface area (Å²) in [4.78, 5) is 0. The maximum atomic E-state index is 6.68. The zero-order valence-electron chi connectivity index (χ0n) is 11.8. The smallest absolute Gasteiger partial charge is 0.119 e. The molecule has 1 unspecified atom stereocenters. The van der Waals surface area contributed by atoms with Gasteiger partial charge in [0, 0.05) is 5.54 Å². The van der Waals surface area contributed by atoms with Crippen molar-refractivity contribution in [1.82, 2.24) is 0 Å². The Morgan fingerprint density at radius 1 is 1.14 bits per heavy atom. The highest BCUT2D eigenvalue weighted by Gasteiger charge is 2.35. The van der Waals surface area contributed by atoms with Crippen LogP contribution in [0.4, 0.5) is 0 Å². The number of hydrogen-bond acceptors (Lipinski definition) is 2. The Bertz CT molecular complexity index is 686. The number of benzene rings is 2. The summed E-state index contributed by atoms with van der Waals surface area (Å²) in [5.74, 6) is 0.847. The van der Waals surface area contributed by atoms with Crippen molar-refractivity contribution >= 4 is 23.2 Å². The van der Waals surface area contributed by atoms with Gasteiger partial charge in [0.05, 0.1) is 17.2 Å². The van der Waals surface area contributed by atoms with Crippen LogP contribution in [-0.2, 0) is 18.4 Å². The molecule has 0 fully saturated rings. The van der Waals surface area contributed by atoms with Crippen molar-refractivity contribution in [3.63, 3.8) is 0 Å². The van der Waals surface area contributed by atoms with Crippen LogP contribution in [0.5, 0.6) is 5.75 Å². The molecular formula is C17H17Cl2NO. The van der Waals surface area contributed by atoms with Crippen LogP contribution in [0.25, 0.3) is 0 Å². The molecule has 110 valence electrons. The van der Waals surface area contributed by atoms with E-state index in [4.69, 9.17) is 33.7 Å². The molecule has 0 heterocycles. The summed E-state index contributed by atoms with van der Waals surface area (Å²) in [5.41, 5.74) is 9.89. The third-order valence-corrected chi connectivity index (χ3v) is 4.94. The normalized spacial score (nSPS) is 20.4. The quantitative estimate of drug-likeness (QED) is 0.912. The minimum Gasteiger partial charge on any atom is -0.497 e. The minimum atomic E-state index is -0.374. The lowest BCUT2D eigenvalue weighted by atomic mass is 9.86. The van der Waals surface area contributed by atoms with Crippen LogP contribution < -0.4 is 10.5 Å². The molecule has 2 aromatic carbocycles. The van der Waals surface area contributed by atoms with Gasteiger partial charge in [0.15, 0.2) is 0 Å². The van der Waals surface area contributed by atoms with Gasteiger partial charge in [-0.25, -0.2) is 0 Å². The molecule has 1 aliphatic carbocycles. The molecule has 0 bridgehead atoms. The van der Waals surface area contributed by atoms with Gasteiger partial charge < -0.3 is 10.5 Å². The molecule has 4 heteroatoms. The van der Waals surface area contributed by atoms with Gasteiger partial charge in [-0.15, -0.1) is 0 Å². The SMILES string of the molecule is COc1ccc2c(c1)C(N)(Cc1ccc(Cl)c(Cl)c1)CC2. The Kier molecular flexibility index (Phi) is 3.87. The van der Waals surface area contributed by atoms with E-state index in [2.05, 4.69) is 12.1 Å². The monoisotopic (exact) mass is 321 g/mol. The highest BCUT2D eigenvalue weighted by molar-refractivity contribution is 6.42. The number of nitrogens with two attached hydrogens (primary N) is 1. The Hall–Kier alpha value is -1.22. The number of fused-ring (bicyclic) bond motifs is 1. The van der Waals surface area contributed by atoms with Crippen LogP contribution in [0.15, 0.2) is 36.4 Å². The Labute approximate surface area is 134 Å². The molecule has 0 aromatic heterocycles. The van der Waals surface area contributed by atoms with Crippen LogP contribution in [-0.4, -0.2) is 7.11 Å². The lowest BCUT2D eigenvalue weighted by Gasteiger charge is -2.26. The first-order chi connectivity index (χ1) is 10.0. The number of ether oxygens (including phenoxy) is 1. The van der Waals surface area contributed by atoms with Crippen LogP contribution >= 0.6 is 23.2 Å². The summed E-state index contributed by atoms with van der Waals surface area (Å²) < 4.78 is 5.32. The molecule has 2 N–H and O–H groups in total. The Morgan fingerprint density at radius 3 is 2.67 bits per heavy atom. The van der Waals surface area contributed by atoms with E-state index in [1.165, 1.54) is 11.1 Å². The summed E-state index contributed by atoms with van der Waals surface area (Å²) in [5, 5.41) is 1.14. The molecule has 0 radical (unpaired) electrons. The predicted molar refractivity (Wildman–Crippen MR) is 87.3 cm³/mol. The van der Waals surface area contributed by atoms with Gasteiger partial charge in [0.25, 0.3) is 0 Å². The van der Waals surface area contributed by atoms with Gasteiger partial charge in [-0.05, 0) is 60.2 Å². The number of aryl methyl sites for hydroxylation is 1. The highest BCUT2D eigenvalue weighted by atomic mass is 35.5. The average molecular weight is 322 g/mol. The van der Waals surface area contributed by atoms with Crippen molar-refractivity contribution in [1.29, 1.82) is 0 Å². The number of hydrogen-bond donors (Lipinski definition) is 1. The van der Waals surface area contributed by atoms with E-state index in [-0.39, 0.29) is 5.54 Å². The molecule has 0 aliphatic heterocycles. The molecule has 0 spiro atoms. The molecule has 1 aliphatic rings. The van der Waals surface area contributed by atoms with Gasteiger partial charge in [-0.3, -0.25) is 0 Å². The molecule has 3 rings (SSSR count). The van der Waals surface area contributed by atoms with E-state index in [9.17, 15) is 0 Å². The molecule has 0 amide bonds. The van der Waals surface area contributed by atoms with E-state index in [1.54, 1.807) is 7.11 Å². The van der Waals surface area contributed by atoms with Crippen molar-refractivity contribution in [2.75, 3.05) is 7.11 Å². The zero-order valence-corrected chi connectivity index (χ0v) is 13.3. The minimum absolute atomic E-state index is 0.374. The third-order valence-electron chi connectivity index (χ3n) is 4.20. The van der Waals surface area contributed by atoms with Crippen LogP contribution in [0.1, 0.15) is 23.1 Å². The number of halogens is 2. The van der Waals surface area contributed by atoms with E-state index in [1.807, 2.05) is 24.3 Å². The number of methoxy groups -OCH3 is 1.